The maximum Gasteiger partial charge on any atom is 0.315 e. The molecule has 4 unspecified atom stereocenters. The molecular weight excluding hydrogens is 373 g/mol. The van der Waals surface area contributed by atoms with Gasteiger partial charge in [-0.15, -0.1) is 0 Å². The Morgan fingerprint density at radius 1 is 1.38 bits per heavy atom. The lowest BCUT2D eigenvalue weighted by Gasteiger charge is -2.32. The first-order chi connectivity index (χ1) is 14.1. The molecule has 7 nitrogen and oxygen atoms in total. The van der Waals surface area contributed by atoms with Crippen LogP contribution in [0.15, 0.2) is 22.7 Å². The minimum absolute atomic E-state index is 0.104. The van der Waals surface area contributed by atoms with E-state index in [1.165, 1.54) is 11.6 Å². The van der Waals surface area contributed by atoms with Crippen molar-refractivity contribution in [3.63, 3.8) is 0 Å². The summed E-state index contributed by atoms with van der Waals surface area (Å²) in [5.41, 5.74) is 2.28. The van der Waals surface area contributed by atoms with Gasteiger partial charge in [0, 0.05) is 31.0 Å². The number of likely N-dealkylation sites (tertiary alicyclic amines) is 1. The number of aromatic nitrogens is 2. The molecule has 1 saturated heterocycles. The Morgan fingerprint density at radius 2 is 2.28 bits per heavy atom. The summed E-state index contributed by atoms with van der Waals surface area (Å²) in [5, 5.41) is 10.3. The average Bonchev–Trinajstić information content (AvgIpc) is 3.05. The van der Waals surface area contributed by atoms with Crippen molar-refractivity contribution in [2.45, 2.75) is 57.2 Å². The quantitative estimate of drug-likeness (QED) is 0.807. The number of piperidine rings is 1. The van der Waals surface area contributed by atoms with Crippen LogP contribution in [0.3, 0.4) is 0 Å². The van der Waals surface area contributed by atoms with E-state index in [1.807, 2.05) is 13.0 Å². The van der Waals surface area contributed by atoms with Crippen molar-refractivity contribution in [1.29, 1.82) is 0 Å². The van der Waals surface area contributed by atoms with E-state index >= 15 is 0 Å². The maximum absolute atomic E-state index is 13.4. The van der Waals surface area contributed by atoms with Gasteiger partial charge < -0.3 is 15.2 Å². The third-order valence-corrected chi connectivity index (χ3v) is 6.40. The van der Waals surface area contributed by atoms with Gasteiger partial charge in [0.15, 0.2) is 5.82 Å². The Bertz CT molecular complexity index is 916. The Hall–Kier alpha value is -2.48. The molecular formula is C21H26FN5O2. The summed E-state index contributed by atoms with van der Waals surface area (Å²) in [6.07, 6.45) is 3.58. The van der Waals surface area contributed by atoms with Gasteiger partial charge in [0.25, 0.3) is 0 Å². The minimum atomic E-state index is -0.180. The largest absolute Gasteiger partial charge is 0.339 e. The molecule has 1 aromatic carbocycles. The van der Waals surface area contributed by atoms with Crippen LogP contribution in [0.4, 0.5) is 9.18 Å². The van der Waals surface area contributed by atoms with Crippen molar-refractivity contribution in [2.24, 2.45) is 5.92 Å². The number of nitrogens with one attached hydrogen (secondary N) is 2. The van der Waals surface area contributed by atoms with Crippen LogP contribution >= 0.6 is 0 Å². The van der Waals surface area contributed by atoms with E-state index in [0.29, 0.717) is 30.1 Å². The number of benzene rings is 1. The zero-order valence-corrected chi connectivity index (χ0v) is 16.5. The fraction of sp³-hybridized carbons (Fsp3) is 0.571. The number of nitrogens with zero attached hydrogens (tertiary/aromatic N) is 3. The molecule has 29 heavy (non-hydrogen) atoms. The highest BCUT2D eigenvalue weighted by Crippen LogP contribution is 2.56. The number of urea groups is 1. The van der Waals surface area contributed by atoms with Crippen LogP contribution in [0.2, 0.25) is 0 Å². The summed E-state index contributed by atoms with van der Waals surface area (Å²) in [6, 6.07) is 5.19. The number of carbonyl (C=O) groups is 1. The first-order valence-corrected chi connectivity index (χ1v) is 10.5. The zero-order chi connectivity index (χ0) is 20.0. The van der Waals surface area contributed by atoms with Crippen LogP contribution in [0.5, 0.6) is 0 Å². The fourth-order valence-electron chi connectivity index (χ4n) is 4.97. The van der Waals surface area contributed by atoms with Crippen molar-refractivity contribution < 1.29 is 13.7 Å². The smallest absolute Gasteiger partial charge is 0.315 e. The number of amides is 2. The van der Waals surface area contributed by atoms with Gasteiger partial charge in [0.05, 0.1) is 6.54 Å². The van der Waals surface area contributed by atoms with Gasteiger partial charge in [-0.25, -0.2) is 9.18 Å². The van der Waals surface area contributed by atoms with Crippen molar-refractivity contribution in [1.82, 2.24) is 25.7 Å². The fourth-order valence-corrected chi connectivity index (χ4v) is 4.97. The second-order valence-corrected chi connectivity index (χ2v) is 8.41. The predicted octanol–water partition coefficient (Wildman–Crippen LogP) is 2.37. The van der Waals surface area contributed by atoms with E-state index in [9.17, 15) is 9.18 Å². The Morgan fingerprint density at radius 3 is 3.10 bits per heavy atom. The minimum Gasteiger partial charge on any atom is -0.339 e. The molecule has 2 aromatic rings. The normalized spacial score (nSPS) is 27.9. The number of hydrogen-bond acceptors (Lipinski definition) is 5. The van der Waals surface area contributed by atoms with Crippen LogP contribution in [0, 0.1) is 11.7 Å². The molecule has 1 aliphatic heterocycles. The molecule has 154 valence electrons. The van der Waals surface area contributed by atoms with Crippen LogP contribution < -0.4 is 10.6 Å². The number of aryl methyl sites for hydroxylation is 1. The van der Waals surface area contributed by atoms with Gasteiger partial charge in [-0.3, -0.25) is 4.90 Å². The molecule has 0 bridgehead atoms. The van der Waals surface area contributed by atoms with Gasteiger partial charge in [-0.05, 0) is 55.0 Å². The lowest BCUT2D eigenvalue weighted by atomic mass is 10.0. The summed E-state index contributed by atoms with van der Waals surface area (Å²) in [7, 11) is 0. The van der Waals surface area contributed by atoms with E-state index in [1.54, 1.807) is 6.07 Å². The summed E-state index contributed by atoms with van der Waals surface area (Å²) < 4.78 is 18.5. The molecule has 0 spiro atoms. The second-order valence-electron chi connectivity index (χ2n) is 8.41. The van der Waals surface area contributed by atoms with Crippen LogP contribution in [-0.4, -0.2) is 46.2 Å². The molecule has 4 atom stereocenters. The molecule has 2 aliphatic carbocycles. The SMILES string of the molecule is CCc1nc(CN2CCCC(NC(=O)NC3C4Cc5cc(F)ccc5C43)C2)no1. The molecule has 2 fully saturated rings. The number of rotatable bonds is 5. The van der Waals surface area contributed by atoms with E-state index in [2.05, 4.69) is 25.7 Å². The molecule has 1 saturated carbocycles. The molecule has 8 heteroatoms. The Kier molecular flexibility index (Phi) is 4.73. The Labute approximate surface area is 169 Å². The predicted molar refractivity (Wildman–Crippen MR) is 104 cm³/mol. The van der Waals surface area contributed by atoms with Gasteiger partial charge in [0.2, 0.25) is 5.89 Å². The molecule has 2 heterocycles. The molecule has 3 aliphatic rings. The highest BCUT2D eigenvalue weighted by atomic mass is 19.1. The summed E-state index contributed by atoms with van der Waals surface area (Å²) in [6.45, 7) is 4.38. The molecule has 1 aromatic heterocycles. The van der Waals surface area contributed by atoms with Crippen molar-refractivity contribution >= 4 is 6.03 Å². The van der Waals surface area contributed by atoms with E-state index in [0.717, 1.165) is 44.3 Å². The highest BCUT2D eigenvalue weighted by molar-refractivity contribution is 5.75. The standard InChI is InChI=1S/C21H26FN5O2/c1-2-18-24-17(26-29-18)11-27-7-3-4-14(10-27)23-21(28)25-20-16-9-12-8-13(22)5-6-15(12)19(16)20/h5-6,8,14,16,19-20H,2-4,7,9-11H2,1H3,(H2,23,25,28). The van der Waals surface area contributed by atoms with Crippen LogP contribution in [-0.2, 0) is 19.4 Å². The van der Waals surface area contributed by atoms with E-state index in [4.69, 9.17) is 4.52 Å². The van der Waals surface area contributed by atoms with Crippen molar-refractivity contribution in [3.05, 3.63) is 46.9 Å². The number of carbonyl (C=O) groups excluding carboxylic acids is 1. The third-order valence-electron chi connectivity index (χ3n) is 6.40. The number of hydrogen-bond donors (Lipinski definition) is 2. The number of halogens is 1. The summed E-state index contributed by atoms with van der Waals surface area (Å²) in [4.78, 5) is 19.2. The van der Waals surface area contributed by atoms with E-state index in [-0.39, 0.29) is 23.9 Å². The van der Waals surface area contributed by atoms with Crippen LogP contribution in [0.1, 0.15) is 48.5 Å². The van der Waals surface area contributed by atoms with Gasteiger partial charge in [-0.2, -0.15) is 4.98 Å². The Balaban J connectivity index is 1.11. The van der Waals surface area contributed by atoms with E-state index < -0.39 is 0 Å². The lowest BCUT2D eigenvalue weighted by molar-refractivity contribution is 0.175. The number of fused-ring (bicyclic) bond motifs is 3. The average molecular weight is 399 g/mol. The summed E-state index contributed by atoms with van der Waals surface area (Å²) in [5.74, 6) is 1.93. The zero-order valence-electron chi connectivity index (χ0n) is 16.5. The van der Waals surface area contributed by atoms with Gasteiger partial charge >= 0.3 is 6.03 Å². The van der Waals surface area contributed by atoms with Crippen molar-refractivity contribution in [3.8, 4) is 0 Å². The lowest BCUT2D eigenvalue weighted by Crippen LogP contribution is -2.51. The first kappa shape index (κ1) is 18.5. The molecule has 5 rings (SSSR count). The van der Waals surface area contributed by atoms with Crippen molar-refractivity contribution in [2.75, 3.05) is 13.1 Å². The molecule has 0 radical (unpaired) electrons. The van der Waals surface area contributed by atoms with Gasteiger partial charge in [-0.1, -0.05) is 18.1 Å². The monoisotopic (exact) mass is 399 g/mol. The molecule has 2 amide bonds. The third kappa shape index (κ3) is 3.73. The molecule has 2 N–H and O–H groups in total. The first-order valence-electron chi connectivity index (χ1n) is 10.5. The topological polar surface area (TPSA) is 83.3 Å². The maximum atomic E-state index is 13.4. The van der Waals surface area contributed by atoms with Gasteiger partial charge in [0.1, 0.15) is 5.82 Å². The summed E-state index contributed by atoms with van der Waals surface area (Å²) >= 11 is 0. The van der Waals surface area contributed by atoms with Crippen LogP contribution in [0.25, 0.3) is 0 Å². The highest BCUT2D eigenvalue weighted by Gasteiger charge is 2.56. The second kappa shape index (κ2) is 7.40.